The molecule has 0 aromatic heterocycles. The molecule has 3 aliphatic heterocycles. The smallest absolute Gasteiger partial charge is 0.127 e. The summed E-state index contributed by atoms with van der Waals surface area (Å²) in [5, 5.41) is 23.4. The van der Waals surface area contributed by atoms with Gasteiger partial charge in [0, 0.05) is 55.3 Å². The van der Waals surface area contributed by atoms with Gasteiger partial charge in [0.15, 0.2) is 0 Å². The average Bonchev–Trinajstić information content (AvgIpc) is 3.50. The van der Waals surface area contributed by atoms with Crippen LogP contribution in [0, 0.1) is 0 Å². The molecule has 0 unspecified atom stereocenters. The SMILES string of the molecule is CC1(C)C2=NC(=Cc3cccc(c3O)C(C)(C)C3=NC(=Cc4cccc1c4O)c1ccccc13)c1ccccc12. The summed E-state index contributed by atoms with van der Waals surface area (Å²) in [6, 6.07) is 28.1. The van der Waals surface area contributed by atoms with E-state index in [1.807, 2.05) is 72.8 Å². The Balaban J connectivity index is 1.59. The highest BCUT2D eigenvalue weighted by atomic mass is 16.3. The van der Waals surface area contributed by atoms with E-state index in [0.29, 0.717) is 11.1 Å². The molecule has 0 fully saturated rings. The second kappa shape index (κ2) is 8.40. The number of nitrogens with zero attached hydrogens (tertiary/aromatic N) is 2. The van der Waals surface area contributed by atoms with Crippen LogP contribution in [0.3, 0.4) is 0 Å². The molecule has 40 heavy (non-hydrogen) atoms. The van der Waals surface area contributed by atoms with Gasteiger partial charge in [0.1, 0.15) is 11.5 Å². The van der Waals surface area contributed by atoms with Crippen molar-refractivity contribution in [3.05, 3.63) is 129 Å². The van der Waals surface area contributed by atoms with Gasteiger partial charge in [0.2, 0.25) is 0 Å². The number of aliphatic imine (C=N–C) groups is 2. The largest absolute Gasteiger partial charge is 0.507 e. The maximum Gasteiger partial charge on any atom is 0.127 e. The maximum absolute atomic E-state index is 11.7. The first-order chi connectivity index (χ1) is 19.2. The van der Waals surface area contributed by atoms with Gasteiger partial charge in [-0.1, -0.05) is 84.9 Å². The van der Waals surface area contributed by atoms with E-state index in [1.165, 1.54) is 0 Å². The molecular weight excluding hydrogens is 492 g/mol. The van der Waals surface area contributed by atoms with Crippen LogP contribution in [0.15, 0.2) is 94.9 Å². The van der Waals surface area contributed by atoms with E-state index < -0.39 is 10.8 Å². The van der Waals surface area contributed by atoms with Crippen molar-refractivity contribution in [2.45, 2.75) is 38.5 Å². The normalized spacial score (nSPS) is 17.7. The molecule has 4 aromatic carbocycles. The molecule has 4 heteroatoms. The molecule has 0 amide bonds. The van der Waals surface area contributed by atoms with Crippen LogP contribution in [-0.4, -0.2) is 21.6 Å². The molecule has 0 radical (unpaired) electrons. The first-order valence-corrected chi connectivity index (χ1v) is 13.6. The van der Waals surface area contributed by atoms with E-state index in [0.717, 1.165) is 56.2 Å². The summed E-state index contributed by atoms with van der Waals surface area (Å²) < 4.78 is 0. The third-order valence-electron chi connectivity index (χ3n) is 8.63. The van der Waals surface area contributed by atoms with Crippen molar-refractivity contribution >= 4 is 35.0 Å². The van der Waals surface area contributed by atoms with Crippen LogP contribution in [0.5, 0.6) is 11.5 Å². The van der Waals surface area contributed by atoms with E-state index in [9.17, 15) is 10.2 Å². The first-order valence-electron chi connectivity index (χ1n) is 13.6. The molecule has 3 aliphatic rings. The standard InChI is InChI=1S/C36H30N2O2/c1-35(2)27-17-9-11-21(31(27)39)19-30-24-14-6-8-16-26(24)34(38-30)36(3,4)28-18-10-12-22(32(28)40)20-29-23-13-5-7-15-25(23)33(35)37-29/h5-20,39-40H,1-4H3. The topological polar surface area (TPSA) is 65.2 Å². The molecular formula is C36H30N2O2. The fourth-order valence-corrected chi connectivity index (χ4v) is 6.39. The molecule has 0 atom stereocenters. The van der Waals surface area contributed by atoms with Gasteiger partial charge in [-0.3, -0.25) is 9.98 Å². The molecule has 8 bridgehead atoms. The highest BCUT2D eigenvalue weighted by molar-refractivity contribution is 6.19. The van der Waals surface area contributed by atoms with Crippen molar-refractivity contribution < 1.29 is 10.2 Å². The quantitative estimate of drug-likeness (QED) is 0.246. The van der Waals surface area contributed by atoms with Crippen LogP contribution in [0.25, 0.3) is 23.5 Å². The lowest BCUT2D eigenvalue weighted by molar-refractivity contribution is 0.457. The number of hydrogen-bond acceptors (Lipinski definition) is 4. The Hall–Kier alpha value is -4.70. The Morgan fingerprint density at radius 1 is 0.475 bits per heavy atom. The number of para-hydroxylation sites is 2. The summed E-state index contributed by atoms with van der Waals surface area (Å²) in [5.74, 6) is 0.459. The van der Waals surface area contributed by atoms with E-state index >= 15 is 0 Å². The predicted molar refractivity (Wildman–Crippen MR) is 164 cm³/mol. The van der Waals surface area contributed by atoms with Crippen LogP contribution in [0.1, 0.15) is 72.2 Å². The van der Waals surface area contributed by atoms with Gasteiger partial charge in [-0.05, 0) is 39.8 Å². The molecule has 0 aliphatic carbocycles. The van der Waals surface area contributed by atoms with Gasteiger partial charge in [-0.2, -0.15) is 0 Å². The van der Waals surface area contributed by atoms with Crippen LogP contribution in [0.4, 0.5) is 0 Å². The number of phenols is 2. The fourth-order valence-electron chi connectivity index (χ4n) is 6.39. The van der Waals surface area contributed by atoms with Crippen LogP contribution < -0.4 is 0 Å². The van der Waals surface area contributed by atoms with E-state index in [-0.39, 0.29) is 11.5 Å². The second-order valence-electron chi connectivity index (χ2n) is 11.8. The number of phenolic OH excluding ortho intramolecular Hbond substituents is 2. The van der Waals surface area contributed by atoms with Crippen LogP contribution >= 0.6 is 0 Å². The Morgan fingerprint density at radius 2 is 0.850 bits per heavy atom. The van der Waals surface area contributed by atoms with Crippen LogP contribution in [-0.2, 0) is 10.8 Å². The second-order valence-corrected chi connectivity index (χ2v) is 11.8. The summed E-state index contributed by atoms with van der Waals surface area (Å²) in [5.41, 5.74) is 9.21. The number of hydrogen-bond donors (Lipinski definition) is 2. The third-order valence-corrected chi connectivity index (χ3v) is 8.63. The minimum atomic E-state index is -0.602. The number of fused-ring (bicyclic) bond motifs is 12. The molecule has 2 N–H and O–H groups in total. The average molecular weight is 523 g/mol. The zero-order valence-corrected chi connectivity index (χ0v) is 23.0. The Morgan fingerprint density at radius 3 is 1.25 bits per heavy atom. The monoisotopic (exact) mass is 522 g/mol. The van der Waals surface area contributed by atoms with Gasteiger partial charge < -0.3 is 10.2 Å². The molecule has 4 aromatic rings. The molecule has 0 saturated carbocycles. The van der Waals surface area contributed by atoms with Gasteiger partial charge in [0.25, 0.3) is 0 Å². The molecule has 0 spiro atoms. The highest BCUT2D eigenvalue weighted by Crippen LogP contribution is 2.46. The van der Waals surface area contributed by atoms with Crippen molar-refractivity contribution in [3.63, 3.8) is 0 Å². The van der Waals surface area contributed by atoms with Crippen molar-refractivity contribution in [3.8, 4) is 11.5 Å². The molecule has 7 rings (SSSR count). The lowest BCUT2D eigenvalue weighted by Gasteiger charge is -2.28. The minimum Gasteiger partial charge on any atom is -0.507 e. The summed E-state index contributed by atoms with van der Waals surface area (Å²) in [6.45, 7) is 8.40. The molecule has 0 saturated heterocycles. The zero-order valence-electron chi connectivity index (χ0n) is 23.0. The van der Waals surface area contributed by atoms with E-state index in [4.69, 9.17) is 9.98 Å². The Bertz CT molecular complexity index is 1730. The number of aromatic hydroxyl groups is 2. The summed E-state index contributed by atoms with van der Waals surface area (Å²) >= 11 is 0. The Labute approximate surface area is 234 Å². The van der Waals surface area contributed by atoms with E-state index in [2.05, 4.69) is 52.0 Å². The molecule has 3 heterocycles. The molecule has 196 valence electrons. The number of rotatable bonds is 0. The summed E-state index contributed by atoms with van der Waals surface area (Å²) in [6.07, 6.45) is 3.93. The zero-order chi connectivity index (χ0) is 27.8. The summed E-state index contributed by atoms with van der Waals surface area (Å²) in [7, 11) is 0. The van der Waals surface area contributed by atoms with Crippen molar-refractivity contribution in [1.82, 2.24) is 0 Å². The van der Waals surface area contributed by atoms with Crippen molar-refractivity contribution in [2.24, 2.45) is 9.98 Å². The summed E-state index contributed by atoms with van der Waals surface area (Å²) in [4.78, 5) is 10.3. The lowest BCUT2D eigenvalue weighted by atomic mass is 9.76. The van der Waals surface area contributed by atoms with Gasteiger partial charge in [-0.15, -0.1) is 0 Å². The third kappa shape index (κ3) is 3.39. The van der Waals surface area contributed by atoms with Crippen molar-refractivity contribution in [2.75, 3.05) is 0 Å². The first kappa shape index (κ1) is 24.3. The molecule has 4 nitrogen and oxygen atoms in total. The lowest BCUT2D eigenvalue weighted by Crippen LogP contribution is -2.29. The maximum atomic E-state index is 11.7. The minimum absolute atomic E-state index is 0.230. The number of benzene rings is 4. The predicted octanol–water partition coefficient (Wildman–Crippen LogP) is 7.97. The van der Waals surface area contributed by atoms with Crippen molar-refractivity contribution in [1.29, 1.82) is 0 Å². The van der Waals surface area contributed by atoms with Gasteiger partial charge in [-0.25, -0.2) is 0 Å². The van der Waals surface area contributed by atoms with Gasteiger partial charge in [0.05, 0.1) is 22.8 Å². The van der Waals surface area contributed by atoms with Gasteiger partial charge >= 0.3 is 0 Å². The Kier molecular flexibility index (Phi) is 5.11. The van der Waals surface area contributed by atoms with E-state index in [1.54, 1.807) is 0 Å². The van der Waals surface area contributed by atoms with Crippen LogP contribution in [0.2, 0.25) is 0 Å². The fraction of sp³-hybridized carbons (Fsp3) is 0.167. The highest BCUT2D eigenvalue weighted by Gasteiger charge is 2.38.